The Kier molecular flexibility index (Phi) is 3.68. The van der Waals surface area contributed by atoms with E-state index in [1.54, 1.807) is 6.07 Å². The van der Waals surface area contributed by atoms with Crippen LogP contribution in [0.5, 0.6) is 0 Å². The van der Waals surface area contributed by atoms with Crippen LogP contribution in [0, 0.1) is 11.3 Å². The number of benzene rings is 2. The van der Waals surface area contributed by atoms with Gasteiger partial charge in [0.2, 0.25) is 0 Å². The first-order valence-electron chi connectivity index (χ1n) is 4.91. The molecule has 0 aromatic heterocycles. The summed E-state index contributed by atoms with van der Waals surface area (Å²) < 4.78 is 0.777. The summed E-state index contributed by atoms with van der Waals surface area (Å²) in [7, 11) is 0. The fraction of sp³-hybridized carbons (Fsp3) is 0. The molecule has 2 rings (SSSR count). The molecule has 1 N–H and O–H groups in total. The molecule has 4 heteroatoms. The van der Waals surface area contributed by atoms with Crippen molar-refractivity contribution in [1.29, 1.82) is 5.26 Å². The van der Waals surface area contributed by atoms with Crippen LogP contribution in [-0.4, -0.2) is 0 Å². The number of halogens is 2. The largest absolute Gasteiger partial charge is 0.355 e. The molecular formula is C13H8BrClN2. The molecule has 0 aliphatic rings. The summed E-state index contributed by atoms with van der Waals surface area (Å²) in [6.45, 7) is 0. The zero-order valence-corrected chi connectivity index (χ0v) is 11.1. The quantitative estimate of drug-likeness (QED) is 0.871. The monoisotopic (exact) mass is 306 g/mol. The van der Waals surface area contributed by atoms with Crippen LogP contribution >= 0.6 is 27.5 Å². The van der Waals surface area contributed by atoms with Crippen LogP contribution in [0.15, 0.2) is 46.9 Å². The smallest absolute Gasteiger partial charge is 0.100 e. The Balaban J connectivity index is 2.22. The number of nitriles is 1. The van der Waals surface area contributed by atoms with E-state index in [0.29, 0.717) is 10.6 Å². The van der Waals surface area contributed by atoms with E-state index in [-0.39, 0.29) is 0 Å². The second-order valence-electron chi connectivity index (χ2n) is 3.44. The van der Waals surface area contributed by atoms with Gasteiger partial charge in [-0.15, -0.1) is 0 Å². The van der Waals surface area contributed by atoms with Crippen molar-refractivity contribution in [2.75, 3.05) is 5.32 Å². The van der Waals surface area contributed by atoms with Crippen molar-refractivity contribution in [2.45, 2.75) is 0 Å². The molecule has 0 fully saturated rings. The Morgan fingerprint density at radius 2 is 1.71 bits per heavy atom. The van der Waals surface area contributed by atoms with E-state index in [4.69, 9.17) is 16.9 Å². The summed E-state index contributed by atoms with van der Waals surface area (Å²) in [6, 6.07) is 15.0. The molecule has 84 valence electrons. The van der Waals surface area contributed by atoms with E-state index in [9.17, 15) is 0 Å². The van der Waals surface area contributed by atoms with Crippen molar-refractivity contribution < 1.29 is 0 Å². The molecule has 0 radical (unpaired) electrons. The van der Waals surface area contributed by atoms with Gasteiger partial charge in [0.1, 0.15) is 6.07 Å². The van der Waals surface area contributed by atoms with E-state index in [0.717, 1.165) is 15.8 Å². The summed E-state index contributed by atoms with van der Waals surface area (Å²) in [5, 5.41) is 12.7. The lowest BCUT2D eigenvalue weighted by molar-refractivity contribution is 1.45. The molecule has 0 heterocycles. The van der Waals surface area contributed by atoms with Gasteiger partial charge in [-0.25, -0.2) is 0 Å². The van der Waals surface area contributed by atoms with Crippen molar-refractivity contribution in [3.8, 4) is 6.07 Å². The van der Waals surface area contributed by atoms with Crippen molar-refractivity contribution >= 4 is 38.9 Å². The Bertz CT molecular complexity index is 573. The first-order valence-corrected chi connectivity index (χ1v) is 6.08. The predicted octanol–water partition coefficient (Wildman–Crippen LogP) is 4.72. The molecule has 0 saturated carbocycles. The minimum Gasteiger partial charge on any atom is -0.355 e. The Morgan fingerprint density at radius 1 is 1.06 bits per heavy atom. The van der Waals surface area contributed by atoms with Gasteiger partial charge >= 0.3 is 0 Å². The van der Waals surface area contributed by atoms with Gasteiger partial charge in [0.15, 0.2) is 0 Å². The topological polar surface area (TPSA) is 35.8 Å². The van der Waals surface area contributed by atoms with E-state index >= 15 is 0 Å². The van der Waals surface area contributed by atoms with Crippen LogP contribution < -0.4 is 5.32 Å². The van der Waals surface area contributed by atoms with Gasteiger partial charge in [-0.1, -0.05) is 11.6 Å². The molecular weight excluding hydrogens is 300 g/mol. The number of rotatable bonds is 2. The molecule has 0 saturated heterocycles. The zero-order chi connectivity index (χ0) is 12.3. The number of nitrogens with zero attached hydrogens (tertiary/aromatic N) is 1. The van der Waals surface area contributed by atoms with Gasteiger partial charge in [0.25, 0.3) is 0 Å². The molecule has 2 aromatic carbocycles. The molecule has 0 unspecified atom stereocenters. The summed E-state index contributed by atoms with van der Waals surface area (Å²) in [5.41, 5.74) is 2.48. The predicted molar refractivity (Wildman–Crippen MR) is 73.6 cm³/mol. The van der Waals surface area contributed by atoms with Crippen LogP contribution in [0.4, 0.5) is 11.4 Å². The molecule has 0 spiro atoms. The zero-order valence-electron chi connectivity index (χ0n) is 8.74. The number of nitrogens with one attached hydrogen (secondary N) is 1. The number of hydrogen-bond acceptors (Lipinski definition) is 2. The van der Waals surface area contributed by atoms with E-state index in [1.807, 2.05) is 36.4 Å². The molecule has 0 amide bonds. The maximum Gasteiger partial charge on any atom is 0.100 e. The molecule has 0 aliphatic heterocycles. The third kappa shape index (κ3) is 3.00. The highest BCUT2D eigenvalue weighted by Crippen LogP contribution is 2.24. The van der Waals surface area contributed by atoms with Crippen molar-refractivity contribution in [3.63, 3.8) is 0 Å². The third-order valence-corrected chi connectivity index (χ3v) is 3.13. The van der Waals surface area contributed by atoms with Gasteiger partial charge in [-0.2, -0.15) is 5.26 Å². The average molecular weight is 308 g/mol. The Hall–Kier alpha value is -1.50. The fourth-order valence-corrected chi connectivity index (χ4v) is 1.98. The fourth-order valence-electron chi connectivity index (χ4n) is 1.38. The molecule has 2 aromatic rings. The van der Waals surface area contributed by atoms with E-state index in [2.05, 4.69) is 27.3 Å². The average Bonchev–Trinajstić information content (AvgIpc) is 2.32. The lowest BCUT2D eigenvalue weighted by atomic mass is 10.2. The van der Waals surface area contributed by atoms with Gasteiger partial charge in [-0.05, 0) is 58.4 Å². The maximum atomic E-state index is 8.81. The third-order valence-electron chi connectivity index (χ3n) is 2.22. The lowest BCUT2D eigenvalue weighted by Crippen LogP contribution is -1.90. The van der Waals surface area contributed by atoms with Gasteiger partial charge < -0.3 is 5.32 Å². The highest BCUT2D eigenvalue weighted by Gasteiger charge is 2.00. The Morgan fingerprint density at radius 3 is 2.29 bits per heavy atom. The second kappa shape index (κ2) is 5.22. The molecule has 2 nitrogen and oxygen atoms in total. The van der Waals surface area contributed by atoms with Crippen LogP contribution in [0.3, 0.4) is 0 Å². The van der Waals surface area contributed by atoms with Gasteiger partial charge in [-0.3, -0.25) is 0 Å². The Labute approximate surface area is 113 Å². The highest BCUT2D eigenvalue weighted by molar-refractivity contribution is 9.10. The molecule has 0 atom stereocenters. The minimum absolute atomic E-state index is 0.617. The molecule has 0 aliphatic carbocycles. The first-order chi connectivity index (χ1) is 8.19. The van der Waals surface area contributed by atoms with Crippen molar-refractivity contribution in [1.82, 2.24) is 0 Å². The summed E-state index contributed by atoms with van der Waals surface area (Å²) in [4.78, 5) is 0. The first kappa shape index (κ1) is 12.0. The van der Waals surface area contributed by atoms with E-state index in [1.165, 1.54) is 0 Å². The molecule has 0 bridgehead atoms. The van der Waals surface area contributed by atoms with Crippen molar-refractivity contribution in [3.05, 3.63) is 57.5 Å². The van der Waals surface area contributed by atoms with Crippen molar-refractivity contribution in [2.24, 2.45) is 0 Å². The summed E-state index contributed by atoms with van der Waals surface area (Å²) in [6.07, 6.45) is 0. The standard InChI is InChI=1S/C13H8BrClN2/c14-13-7-12(4-1-9(13)8-16)17-11-5-2-10(15)3-6-11/h1-7,17H. The lowest BCUT2D eigenvalue weighted by Gasteiger charge is -2.07. The normalized spacial score (nSPS) is 9.71. The van der Waals surface area contributed by atoms with Crippen LogP contribution in [0.2, 0.25) is 5.02 Å². The van der Waals surface area contributed by atoms with Crippen LogP contribution in [0.1, 0.15) is 5.56 Å². The van der Waals surface area contributed by atoms with Gasteiger partial charge in [0, 0.05) is 20.9 Å². The van der Waals surface area contributed by atoms with E-state index < -0.39 is 0 Å². The molecule has 17 heavy (non-hydrogen) atoms. The summed E-state index contributed by atoms with van der Waals surface area (Å²) >= 11 is 9.16. The van der Waals surface area contributed by atoms with Crippen LogP contribution in [-0.2, 0) is 0 Å². The van der Waals surface area contributed by atoms with Gasteiger partial charge in [0.05, 0.1) is 5.56 Å². The summed E-state index contributed by atoms with van der Waals surface area (Å²) in [5.74, 6) is 0. The second-order valence-corrected chi connectivity index (χ2v) is 4.73. The minimum atomic E-state index is 0.617. The number of hydrogen-bond donors (Lipinski definition) is 1. The highest BCUT2D eigenvalue weighted by atomic mass is 79.9. The maximum absolute atomic E-state index is 8.81. The SMILES string of the molecule is N#Cc1ccc(Nc2ccc(Cl)cc2)cc1Br. The van der Waals surface area contributed by atoms with Crippen LogP contribution in [0.25, 0.3) is 0 Å². The number of anilines is 2.